The van der Waals surface area contributed by atoms with E-state index in [1.165, 1.54) is 28.2 Å². The van der Waals surface area contributed by atoms with Crippen molar-refractivity contribution in [3.63, 3.8) is 0 Å². The first-order valence-corrected chi connectivity index (χ1v) is 17.6. The van der Waals surface area contributed by atoms with E-state index < -0.39 is 46.8 Å². The van der Waals surface area contributed by atoms with Gasteiger partial charge in [-0.3, -0.25) is 24.1 Å². The van der Waals surface area contributed by atoms with Gasteiger partial charge in [-0.15, -0.1) is 11.3 Å². The van der Waals surface area contributed by atoms with Gasteiger partial charge in [-0.1, -0.05) is 77.3 Å². The fraction of sp³-hybridized carbons (Fsp3) is 0.263. The van der Waals surface area contributed by atoms with Crippen LogP contribution in [-0.2, 0) is 31.1 Å². The highest BCUT2D eigenvalue weighted by molar-refractivity contribution is 7.09. The van der Waals surface area contributed by atoms with Gasteiger partial charge in [0.25, 0.3) is 0 Å². The van der Waals surface area contributed by atoms with Crippen molar-refractivity contribution in [3.8, 4) is 11.5 Å². The monoisotopic (exact) mass is 712 g/mol. The molecule has 1 saturated carbocycles. The van der Waals surface area contributed by atoms with E-state index in [0.717, 1.165) is 10.5 Å². The molecule has 8 nitrogen and oxygen atoms in total. The summed E-state index contributed by atoms with van der Waals surface area (Å²) in [6.45, 7) is 0.190. The van der Waals surface area contributed by atoms with E-state index in [-0.39, 0.29) is 41.3 Å². The molecule has 0 unspecified atom stereocenters. The Balaban J connectivity index is 1.36. The van der Waals surface area contributed by atoms with Gasteiger partial charge in [0.2, 0.25) is 23.6 Å². The number of phenolic OH excluding ortho intramolecular Hbond substituents is 1. The van der Waals surface area contributed by atoms with Crippen LogP contribution in [0.15, 0.2) is 95.9 Å². The minimum absolute atomic E-state index is 0.0169. The number of aromatic hydroxyl groups is 1. The van der Waals surface area contributed by atoms with E-state index in [1.807, 2.05) is 53.9 Å². The first kappa shape index (κ1) is 31.8. The standard InChI is InChI=1S/C38H30Cl2N2O6S/c1-48-30-16-20(15-29(40)33(30)43)32-25-12-13-26-31(36(46)41(34(26)44)19-24-11-6-14-49-24)27(25)18-28-35(45)42(23-10-5-9-22(39)17-23)37(47)38(28,32)21-7-3-2-4-8-21/h2-12,14-17,26-28,31-32,43H,13,18-19H2,1H3/t26-,27+,28-,31-,32-,38+/m0/s1. The van der Waals surface area contributed by atoms with Crippen LogP contribution in [0.4, 0.5) is 5.69 Å². The maximum absolute atomic E-state index is 15.3. The lowest BCUT2D eigenvalue weighted by Gasteiger charge is -2.50. The lowest BCUT2D eigenvalue weighted by Crippen LogP contribution is -2.53. The zero-order valence-corrected chi connectivity index (χ0v) is 28.5. The molecule has 3 fully saturated rings. The normalized spacial score (nSPS) is 27.6. The number of allylic oxidation sites excluding steroid dienone is 2. The van der Waals surface area contributed by atoms with Crippen LogP contribution in [-0.4, -0.2) is 40.7 Å². The van der Waals surface area contributed by atoms with Gasteiger partial charge in [-0.05, 0) is 71.7 Å². The van der Waals surface area contributed by atoms with Crippen molar-refractivity contribution >= 4 is 63.9 Å². The van der Waals surface area contributed by atoms with Gasteiger partial charge in [0.05, 0.1) is 47.5 Å². The molecule has 0 bridgehead atoms. The zero-order valence-electron chi connectivity index (χ0n) is 26.2. The number of amides is 4. The number of benzene rings is 3. The van der Waals surface area contributed by atoms with Crippen molar-refractivity contribution in [2.45, 2.75) is 30.7 Å². The number of imide groups is 2. The van der Waals surface area contributed by atoms with Crippen LogP contribution < -0.4 is 9.64 Å². The van der Waals surface area contributed by atoms with Crippen LogP contribution >= 0.6 is 34.5 Å². The van der Waals surface area contributed by atoms with Crippen LogP contribution in [0.5, 0.6) is 11.5 Å². The summed E-state index contributed by atoms with van der Waals surface area (Å²) in [5.41, 5.74) is 0.841. The fourth-order valence-corrected chi connectivity index (χ4v) is 9.91. The molecule has 1 aromatic heterocycles. The molecule has 4 aromatic rings. The van der Waals surface area contributed by atoms with Crippen molar-refractivity contribution in [1.29, 1.82) is 0 Å². The number of halogens is 2. The number of fused-ring (bicyclic) bond motifs is 4. The number of methoxy groups -OCH3 is 1. The third-order valence-electron chi connectivity index (χ3n) is 10.8. The average molecular weight is 714 g/mol. The SMILES string of the molecule is COc1cc([C@H]2C3=CC[C@@H]4C(=O)N(Cc5cccs5)C(=O)[C@@H]4[C@@H]3C[C@H]3C(=O)N(c4cccc(Cl)c4)C(=O)[C@@]23c2ccccc2)cc(Cl)c1O. The number of carbonyl (C=O) groups is 4. The van der Waals surface area contributed by atoms with Gasteiger partial charge < -0.3 is 9.84 Å². The molecule has 248 valence electrons. The molecule has 2 saturated heterocycles. The Bertz CT molecular complexity index is 2070. The predicted octanol–water partition coefficient (Wildman–Crippen LogP) is 7.13. The van der Waals surface area contributed by atoms with E-state index in [9.17, 15) is 19.5 Å². The molecule has 8 rings (SSSR count). The lowest BCUT2D eigenvalue weighted by atomic mass is 9.49. The molecule has 1 N–H and O–H groups in total. The number of phenols is 1. The van der Waals surface area contributed by atoms with E-state index in [0.29, 0.717) is 28.3 Å². The van der Waals surface area contributed by atoms with Gasteiger partial charge >= 0.3 is 0 Å². The van der Waals surface area contributed by atoms with E-state index in [1.54, 1.807) is 36.4 Å². The number of hydrogen-bond donors (Lipinski definition) is 1. The summed E-state index contributed by atoms with van der Waals surface area (Å²) in [5.74, 6) is -5.01. The van der Waals surface area contributed by atoms with Crippen LogP contribution in [0.1, 0.15) is 34.8 Å². The lowest BCUT2D eigenvalue weighted by molar-refractivity contribution is -0.141. The molecule has 4 aliphatic rings. The van der Waals surface area contributed by atoms with Crippen LogP contribution in [0.2, 0.25) is 10.0 Å². The smallest absolute Gasteiger partial charge is 0.246 e. The summed E-state index contributed by atoms with van der Waals surface area (Å²) < 4.78 is 5.52. The summed E-state index contributed by atoms with van der Waals surface area (Å²) in [6.07, 6.45) is 2.47. The van der Waals surface area contributed by atoms with Crippen molar-refractivity contribution in [2.75, 3.05) is 12.0 Å². The molecule has 4 amide bonds. The molecule has 3 heterocycles. The quantitative estimate of drug-likeness (QED) is 0.169. The third kappa shape index (κ3) is 4.62. The molecule has 2 aliphatic heterocycles. The second-order valence-corrected chi connectivity index (χ2v) is 14.9. The minimum atomic E-state index is -1.47. The van der Waals surface area contributed by atoms with E-state index in [2.05, 4.69) is 0 Å². The molecule has 11 heteroatoms. The number of thiophene rings is 1. The van der Waals surface area contributed by atoms with Crippen molar-refractivity contribution in [2.24, 2.45) is 23.7 Å². The third-order valence-corrected chi connectivity index (χ3v) is 12.1. The van der Waals surface area contributed by atoms with E-state index in [4.69, 9.17) is 27.9 Å². The van der Waals surface area contributed by atoms with Crippen LogP contribution in [0.3, 0.4) is 0 Å². The largest absolute Gasteiger partial charge is 0.503 e. The second-order valence-electron chi connectivity index (χ2n) is 13.0. The zero-order chi connectivity index (χ0) is 34.2. The Morgan fingerprint density at radius 2 is 1.71 bits per heavy atom. The van der Waals surface area contributed by atoms with E-state index >= 15 is 4.79 Å². The highest BCUT2D eigenvalue weighted by Gasteiger charge is 2.70. The van der Waals surface area contributed by atoms with Gasteiger partial charge in [0, 0.05) is 15.8 Å². The van der Waals surface area contributed by atoms with Crippen molar-refractivity contribution in [1.82, 2.24) is 4.90 Å². The summed E-state index contributed by atoms with van der Waals surface area (Å²) in [4.78, 5) is 61.8. The summed E-state index contributed by atoms with van der Waals surface area (Å²) in [5, 5.41) is 13.0. The topological polar surface area (TPSA) is 104 Å². The number of rotatable bonds is 6. The molecule has 6 atom stereocenters. The number of hydrogen-bond acceptors (Lipinski definition) is 7. The first-order valence-electron chi connectivity index (χ1n) is 16.0. The number of likely N-dealkylation sites (tertiary alicyclic amines) is 1. The van der Waals surface area contributed by atoms with Gasteiger partial charge in [-0.25, -0.2) is 4.90 Å². The maximum Gasteiger partial charge on any atom is 0.246 e. The number of ether oxygens (including phenoxy) is 1. The van der Waals surface area contributed by atoms with Crippen LogP contribution in [0, 0.1) is 23.7 Å². The molecule has 3 aromatic carbocycles. The van der Waals surface area contributed by atoms with Crippen LogP contribution in [0.25, 0.3) is 0 Å². The first-order chi connectivity index (χ1) is 23.7. The summed E-state index contributed by atoms with van der Waals surface area (Å²) >= 11 is 14.5. The van der Waals surface area contributed by atoms with Gasteiger partial charge in [0.1, 0.15) is 0 Å². The highest BCUT2D eigenvalue weighted by Crippen LogP contribution is 2.65. The van der Waals surface area contributed by atoms with Crippen molar-refractivity contribution in [3.05, 3.63) is 122 Å². The number of nitrogens with zero attached hydrogens (tertiary/aromatic N) is 2. The summed E-state index contributed by atoms with van der Waals surface area (Å²) in [7, 11) is 1.41. The molecule has 0 spiro atoms. The average Bonchev–Trinajstić information content (AvgIpc) is 3.77. The molecule has 0 radical (unpaired) electrons. The highest BCUT2D eigenvalue weighted by atomic mass is 35.5. The van der Waals surface area contributed by atoms with Crippen molar-refractivity contribution < 1.29 is 29.0 Å². The number of anilines is 1. The summed E-state index contributed by atoms with van der Waals surface area (Å²) in [6, 6.07) is 22.9. The van der Waals surface area contributed by atoms with Gasteiger partial charge in [0.15, 0.2) is 11.5 Å². The predicted molar refractivity (Wildman–Crippen MR) is 186 cm³/mol. The Morgan fingerprint density at radius 1 is 0.918 bits per heavy atom. The fourth-order valence-electron chi connectivity index (χ4n) is 8.81. The Labute approximate surface area is 296 Å². The van der Waals surface area contributed by atoms with Gasteiger partial charge in [-0.2, -0.15) is 0 Å². The molecular formula is C38H30Cl2N2O6S. The molecule has 2 aliphatic carbocycles. The Morgan fingerprint density at radius 3 is 2.43 bits per heavy atom. The minimum Gasteiger partial charge on any atom is -0.503 e. The Kier molecular flexibility index (Phi) is 7.70. The Hall–Kier alpha value is -4.44. The second kappa shape index (κ2) is 11.9. The molecule has 49 heavy (non-hydrogen) atoms. The molecular weight excluding hydrogens is 683 g/mol. The maximum atomic E-state index is 15.3. The number of carbonyl (C=O) groups excluding carboxylic acids is 4.